The first-order chi connectivity index (χ1) is 7.90. The zero-order chi connectivity index (χ0) is 12.9. The molecule has 1 heterocycles. The van der Waals surface area contributed by atoms with E-state index in [0.717, 1.165) is 25.9 Å². The normalized spacial score (nSPS) is 22.5. The maximum absolute atomic E-state index is 11.8. The van der Waals surface area contributed by atoms with Gasteiger partial charge in [0.25, 0.3) is 0 Å². The van der Waals surface area contributed by atoms with Crippen molar-refractivity contribution >= 4 is 5.91 Å². The summed E-state index contributed by atoms with van der Waals surface area (Å²) in [4.78, 5) is 14.0. The molecule has 4 heteroatoms. The highest BCUT2D eigenvalue weighted by molar-refractivity contribution is 5.78. The molecule has 0 saturated carbocycles. The van der Waals surface area contributed by atoms with Crippen LogP contribution < -0.4 is 5.32 Å². The first kappa shape index (κ1) is 14.5. The molecule has 1 aliphatic heterocycles. The SMILES string of the molecule is CC(C)(C)NC(=O)CN1CCCC(CCO)C1. The third-order valence-corrected chi connectivity index (χ3v) is 3.02. The minimum absolute atomic E-state index is 0.0992. The lowest BCUT2D eigenvalue weighted by Crippen LogP contribution is -2.48. The Balaban J connectivity index is 2.33. The summed E-state index contributed by atoms with van der Waals surface area (Å²) in [5, 5.41) is 11.9. The predicted octanol–water partition coefficient (Wildman–Crippen LogP) is 0.995. The standard InChI is InChI=1S/C13H26N2O2/c1-13(2,3)14-12(17)10-15-7-4-5-11(9-15)6-8-16/h11,16H,4-10H2,1-3H3,(H,14,17). The van der Waals surface area contributed by atoms with Crippen LogP contribution in [-0.2, 0) is 4.79 Å². The van der Waals surface area contributed by atoms with E-state index in [1.807, 2.05) is 20.8 Å². The van der Waals surface area contributed by atoms with Crippen molar-refractivity contribution in [3.05, 3.63) is 0 Å². The quantitative estimate of drug-likeness (QED) is 0.773. The van der Waals surface area contributed by atoms with Crippen molar-refractivity contribution in [2.45, 2.75) is 45.6 Å². The van der Waals surface area contributed by atoms with Crippen LogP contribution in [0, 0.1) is 5.92 Å². The van der Waals surface area contributed by atoms with Gasteiger partial charge in [-0.2, -0.15) is 0 Å². The highest BCUT2D eigenvalue weighted by atomic mass is 16.3. The molecule has 0 radical (unpaired) electrons. The van der Waals surface area contributed by atoms with Crippen molar-refractivity contribution in [3.63, 3.8) is 0 Å². The molecule has 1 amide bonds. The molecule has 1 rings (SSSR count). The molecule has 1 aliphatic rings. The van der Waals surface area contributed by atoms with Gasteiger partial charge in [-0.25, -0.2) is 0 Å². The third kappa shape index (κ3) is 6.03. The predicted molar refractivity (Wildman–Crippen MR) is 68.8 cm³/mol. The first-order valence-corrected chi connectivity index (χ1v) is 6.55. The summed E-state index contributed by atoms with van der Waals surface area (Å²) in [6.07, 6.45) is 3.17. The molecular formula is C13H26N2O2. The molecule has 2 N–H and O–H groups in total. The number of hydrogen-bond acceptors (Lipinski definition) is 3. The van der Waals surface area contributed by atoms with E-state index in [2.05, 4.69) is 10.2 Å². The summed E-state index contributed by atoms with van der Waals surface area (Å²) >= 11 is 0. The van der Waals surface area contributed by atoms with Gasteiger partial charge in [0, 0.05) is 18.7 Å². The van der Waals surface area contributed by atoms with Crippen molar-refractivity contribution in [2.75, 3.05) is 26.2 Å². The van der Waals surface area contributed by atoms with Gasteiger partial charge in [-0.1, -0.05) is 0 Å². The van der Waals surface area contributed by atoms with E-state index in [4.69, 9.17) is 5.11 Å². The minimum Gasteiger partial charge on any atom is -0.396 e. The summed E-state index contributed by atoms with van der Waals surface area (Å²) < 4.78 is 0. The Hall–Kier alpha value is -0.610. The molecule has 100 valence electrons. The Morgan fingerprint density at radius 2 is 2.18 bits per heavy atom. The van der Waals surface area contributed by atoms with E-state index in [1.165, 1.54) is 6.42 Å². The first-order valence-electron chi connectivity index (χ1n) is 6.55. The summed E-state index contributed by atoms with van der Waals surface area (Å²) in [5.74, 6) is 0.651. The second-order valence-electron chi connectivity index (χ2n) is 6.05. The summed E-state index contributed by atoms with van der Waals surface area (Å²) in [5.41, 5.74) is -0.155. The fourth-order valence-corrected chi connectivity index (χ4v) is 2.37. The Kier molecular flexibility index (Phi) is 5.40. The van der Waals surface area contributed by atoms with Crippen molar-refractivity contribution in [3.8, 4) is 0 Å². The number of nitrogens with one attached hydrogen (secondary N) is 1. The molecule has 0 spiro atoms. The number of aliphatic hydroxyl groups excluding tert-OH is 1. The summed E-state index contributed by atoms with van der Waals surface area (Å²) in [7, 11) is 0. The highest BCUT2D eigenvalue weighted by Crippen LogP contribution is 2.18. The van der Waals surface area contributed by atoms with Crippen LogP contribution >= 0.6 is 0 Å². The molecule has 1 fully saturated rings. The van der Waals surface area contributed by atoms with E-state index in [1.54, 1.807) is 0 Å². The average molecular weight is 242 g/mol. The number of aliphatic hydroxyl groups is 1. The summed E-state index contributed by atoms with van der Waals surface area (Å²) in [6.45, 7) is 8.67. The number of amides is 1. The van der Waals surface area contributed by atoms with Gasteiger partial charge in [-0.3, -0.25) is 9.69 Å². The van der Waals surface area contributed by atoms with Crippen LogP contribution in [0.4, 0.5) is 0 Å². The lowest BCUT2D eigenvalue weighted by atomic mass is 9.95. The molecule has 0 aromatic rings. The zero-order valence-electron chi connectivity index (χ0n) is 11.3. The van der Waals surface area contributed by atoms with Crippen LogP contribution in [0.3, 0.4) is 0 Å². The molecule has 4 nitrogen and oxygen atoms in total. The fraction of sp³-hybridized carbons (Fsp3) is 0.923. The Morgan fingerprint density at radius 1 is 1.47 bits per heavy atom. The minimum atomic E-state index is -0.155. The lowest BCUT2D eigenvalue weighted by molar-refractivity contribution is -0.124. The molecule has 1 saturated heterocycles. The smallest absolute Gasteiger partial charge is 0.234 e. The van der Waals surface area contributed by atoms with Gasteiger partial charge >= 0.3 is 0 Å². The van der Waals surface area contributed by atoms with Crippen LogP contribution in [0.5, 0.6) is 0 Å². The van der Waals surface area contributed by atoms with Gasteiger partial charge < -0.3 is 10.4 Å². The van der Waals surface area contributed by atoms with E-state index in [0.29, 0.717) is 12.5 Å². The second kappa shape index (κ2) is 6.36. The van der Waals surface area contributed by atoms with Crippen molar-refractivity contribution in [1.82, 2.24) is 10.2 Å². The number of piperidine rings is 1. The Bertz CT molecular complexity index is 246. The molecule has 1 unspecified atom stereocenters. The largest absolute Gasteiger partial charge is 0.396 e. The van der Waals surface area contributed by atoms with Gasteiger partial charge in [-0.15, -0.1) is 0 Å². The van der Waals surface area contributed by atoms with Crippen LogP contribution in [0.15, 0.2) is 0 Å². The number of carbonyl (C=O) groups excluding carboxylic acids is 1. The zero-order valence-corrected chi connectivity index (χ0v) is 11.3. The lowest BCUT2D eigenvalue weighted by Gasteiger charge is -2.32. The molecule has 0 bridgehead atoms. The number of likely N-dealkylation sites (tertiary alicyclic amines) is 1. The van der Waals surface area contributed by atoms with Gasteiger partial charge in [-0.05, 0) is 52.5 Å². The van der Waals surface area contributed by atoms with Gasteiger partial charge in [0.2, 0.25) is 5.91 Å². The number of rotatable bonds is 4. The molecule has 0 aromatic heterocycles. The van der Waals surface area contributed by atoms with Crippen molar-refractivity contribution in [1.29, 1.82) is 0 Å². The fourth-order valence-electron chi connectivity index (χ4n) is 2.37. The van der Waals surface area contributed by atoms with Crippen LogP contribution in [-0.4, -0.2) is 47.7 Å². The molecule has 0 aromatic carbocycles. The van der Waals surface area contributed by atoms with Crippen LogP contribution in [0.2, 0.25) is 0 Å². The maximum Gasteiger partial charge on any atom is 0.234 e. The molecular weight excluding hydrogens is 216 g/mol. The van der Waals surface area contributed by atoms with Crippen LogP contribution in [0.1, 0.15) is 40.0 Å². The monoisotopic (exact) mass is 242 g/mol. The van der Waals surface area contributed by atoms with E-state index < -0.39 is 0 Å². The number of nitrogens with zero attached hydrogens (tertiary/aromatic N) is 1. The summed E-state index contributed by atoms with van der Waals surface area (Å²) in [6, 6.07) is 0. The molecule has 1 atom stereocenters. The molecule has 17 heavy (non-hydrogen) atoms. The highest BCUT2D eigenvalue weighted by Gasteiger charge is 2.22. The number of hydrogen-bond donors (Lipinski definition) is 2. The number of carbonyl (C=O) groups is 1. The van der Waals surface area contributed by atoms with Gasteiger partial charge in [0.15, 0.2) is 0 Å². The molecule has 0 aliphatic carbocycles. The topological polar surface area (TPSA) is 52.6 Å². The second-order valence-corrected chi connectivity index (χ2v) is 6.05. The van der Waals surface area contributed by atoms with Gasteiger partial charge in [0.05, 0.1) is 6.54 Å². The van der Waals surface area contributed by atoms with E-state index in [9.17, 15) is 4.79 Å². The van der Waals surface area contributed by atoms with Crippen molar-refractivity contribution < 1.29 is 9.90 Å². The third-order valence-electron chi connectivity index (χ3n) is 3.02. The van der Waals surface area contributed by atoms with E-state index >= 15 is 0 Å². The van der Waals surface area contributed by atoms with Crippen molar-refractivity contribution in [2.24, 2.45) is 5.92 Å². The maximum atomic E-state index is 11.8. The Labute approximate surface area is 104 Å². The average Bonchev–Trinajstić information content (AvgIpc) is 2.15. The van der Waals surface area contributed by atoms with E-state index in [-0.39, 0.29) is 18.1 Å². The van der Waals surface area contributed by atoms with Gasteiger partial charge in [0.1, 0.15) is 0 Å². The Morgan fingerprint density at radius 3 is 2.76 bits per heavy atom. The van der Waals surface area contributed by atoms with Crippen LogP contribution in [0.25, 0.3) is 0 Å².